The maximum atomic E-state index is 11.4. The van der Waals surface area contributed by atoms with Crippen LogP contribution in [0.5, 0.6) is 0 Å². The molecule has 0 aromatic heterocycles. The Balaban J connectivity index is 1.92. The highest BCUT2D eigenvalue weighted by Crippen LogP contribution is 2.55. The summed E-state index contributed by atoms with van der Waals surface area (Å²) in [6.07, 6.45) is 3.22. The molecule has 1 aliphatic heterocycles. The average Bonchev–Trinajstić information content (AvgIpc) is 2.70. The summed E-state index contributed by atoms with van der Waals surface area (Å²) in [4.78, 5) is 11.4. The van der Waals surface area contributed by atoms with E-state index < -0.39 is 0 Å². The molecule has 0 aromatic carbocycles. The lowest BCUT2D eigenvalue weighted by Gasteiger charge is -2.15. The SMILES string of the molecule is O=C1O[C@H]2CC[C@H]3[C@@H](CO)C[C@@H]1[C@@H]32. The lowest BCUT2D eigenvalue weighted by Crippen LogP contribution is -2.17. The molecule has 5 atom stereocenters. The summed E-state index contributed by atoms with van der Waals surface area (Å²) < 4.78 is 5.29. The van der Waals surface area contributed by atoms with Gasteiger partial charge in [-0.2, -0.15) is 0 Å². The molecule has 3 nitrogen and oxygen atoms in total. The first kappa shape index (κ1) is 7.80. The van der Waals surface area contributed by atoms with Crippen LogP contribution in [0.1, 0.15) is 19.3 Å². The number of rotatable bonds is 1. The Hall–Kier alpha value is -0.570. The molecule has 3 fully saturated rings. The molecule has 2 saturated carbocycles. The Labute approximate surface area is 77.1 Å². The fourth-order valence-corrected chi connectivity index (χ4v) is 3.62. The molecular weight excluding hydrogens is 168 g/mol. The predicted molar refractivity (Wildman–Crippen MR) is 44.8 cm³/mol. The quantitative estimate of drug-likeness (QED) is 0.603. The van der Waals surface area contributed by atoms with Gasteiger partial charge in [0.2, 0.25) is 0 Å². The zero-order valence-electron chi connectivity index (χ0n) is 7.48. The largest absolute Gasteiger partial charge is 0.462 e. The molecule has 2 aliphatic carbocycles. The zero-order valence-corrected chi connectivity index (χ0v) is 7.48. The Morgan fingerprint density at radius 2 is 2.31 bits per heavy atom. The van der Waals surface area contributed by atoms with Gasteiger partial charge in [0.25, 0.3) is 0 Å². The van der Waals surface area contributed by atoms with Crippen LogP contribution in [-0.2, 0) is 9.53 Å². The summed E-state index contributed by atoms with van der Waals surface area (Å²) in [6.45, 7) is 0.248. The topological polar surface area (TPSA) is 46.5 Å². The van der Waals surface area contributed by atoms with E-state index >= 15 is 0 Å². The molecule has 0 amide bonds. The van der Waals surface area contributed by atoms with Crippen LogP contribution < -0.4 is 0 Å². The summed E-state index contributed by atoms with van der Waals surface area (Å²) in [5.74, 6) is 1.49. The third-order valence-electron chi connectivity index (χ3n) is 4.14. The first-order valence-electron chi connectivity index (χ1n) is 5.12. The van der Waals surface area contributed by atoms with Gasteiger partial charge in [0.05, 0.1) is 5.92 Å². The molecule has 13 heavy (non-hydrogen) atoms. The van der Waals surface area contributed by atoms with E-state index in [1.807, 2.05) is 0 Å². The van der Waals surface area contributed by atoms with E-state index in [1.165, 1.54) is 0 Å². The van der Waals surface area contributed by atoms with Gasteiger partial charge in [-0.05, 0) is 31.1 Å². The molecule has 3 aliphatic rings. The van der Waals surface area contributed by atoms with Crippen LogP contribution in [0.2, 0.25) is 0 Å². The van der Waals surface area contributed by atoms with Crippen molar-refractivity contribution in [1.82, 2.24) is 0 Å². The van der Waals surface area contributed by atoms with Crippen molar-refractivity contribution in [3.63, 3.8) is 0 Å². The van der Waals surface area contributed by atoms with Gasteiger partial charge in [-0.25, -0.2) is 0 Å². The molecule has 3 heteroatoms. The van der Waals surface area contributed by atoms with Crippen LogP contribution in [0.4, 0.5) is 0 Å². The first-order chi connectivity index (χ1) is 6.31. The Morgan fingerprint density at radius 1 is 1.46 bits per heavy atom. The number of aliphatic hydroxyl groups is 1. The van der Waals surface area contributed by atoms with E-state index in [1.54, 1.807) is 0 Å². The lowest BCUT2D eigenvalue weighted by molar-refractivity contribution is -0.144. The summed E-state index contributed by atoms with van der Waals surface area (Å²) >= 11 is 0. The van der Waals surface area contributed by atoms with Crippen molar-refractivity contribution in [3.8, 4) is 0 Å². The monoisotopic (exact) mass is 182 g/mol. The molecule has 3 rings (SSSR count). The average molecular weight is 182 g/mol. The van der Waals surface area contributed by atoms with Gasteiger partial charge in [-0.1, -0.05) is 0 Å². The van der Waals surface area contributed by atoms with Gasteiger partial charge in [0, 0.05) is 12.5 Å². The maximum absolute atomic E-state index is 11.4. The number of hydrogen-bond acceptors (Lipinski definition) is 3. The van der Waals surface area contributed by atoms with Gasteiger partial charge < -0.3 is 9.84 Å². The minimum atomic E-state index is -0.00403. The molecule has 1 saturated heterocycles. The van der Waals surface area contributed by atoms with Crippen molar-refractivity contribution in [3.05, 3.63) is 0 Å². The minimum Gasteiger partial charge on any atom is -0.462 e. The van der Waals surface area contributed by atoms with Crippen molar-refractivity contribution < 1.29 is 14.6 Å². The Morgan fingerprint density at radius 3 is 3.08 bits per heavy atom. The molecule has 1 heterocycles. The number of esters is 1. The van der Waals surface area contributed by atoms with Crippen LogP contribution in [-0.4, -0.2) is 23.8 Å². The zero-order chi connectivity index (χ0) is 9.00. The molecule has 0 aromatic rings. The third kappa shape index (κ3) is 0.857. The van der Waals surface area contributed by atoms with Crippen LogP contribution in [0, 0.1) is 23.7 Å². The van der Waals surface area contributed by atoms with Crippen molar-refractivity contribution in [2.75, 3.05) is 6.61 Å². The number of aliphatic hydroxyl groups excluding tert-OH is 1. The van der Waals surface area contributed by atoms with Gasteiger partial charge in [0.15, 0.2) is 0 Å². The van der Waals surface area contributed by atoms with Crippen LogP contribution in [0.3, 0.4) is 0 Å². The fourth-order valence-electron chi connectivity index (χ4n) is 3.62. The number of carbonyl (C=O) groups excluding carboxylic acids is 1. The summed E-state index contributed by atoms with van der Waals surface area (Å²) in [5.41, 5.74) is 0. The van der Waals surface area contributed by atoms with Crippen LogP contribution >= 0.6 is 0 Å². The third-order valence-corrected chi connectivity index (χ3v) is 4.14. The van der Waals surface area contributed by atoms with Crippen molar-refractivity contribution in [2.24, 2.45) is 23.7 Å². The smallest absolute Gasteiger partial charge is 0.309 e. The first-order valence-corrected chi connectivity index (χ1v) is 5.12. The van der Waals surface area contributed by atoms with Crippen molar-refractivity contribution in [1.29, 1.82) is 0 Å². The van der Waals surface area contributed by atoms with Crippen LogP contribution in [0.15, 0.2) is 0 Å². The number of carbonyl (C=O) groups is 1. The molecule has 72 valence electrons. The van der Waals surface area contributed by atoms with Gasteiger partial charge in [0.1, 0.15) is 6.10 Å². The van der Waals surface area contributed by atoms with E-state index in [-0.39, 0.29) is 24.6 Å². The lowest BCUT2D eigenvalue weighted by atomic mass is 9.91. The highest BCUT2D eigenvalue weighted by molar-refractivity contribution is 5.76. The summed E-state index contributed by atoms with van der Waals surface area (Å²) in [6, 6.07) is 0. The maximum Gasteiger partial charge on any atom is 0.309 e. The molecule has 1 N–H and O–H groups in total. The number of ether oxygens (including phenoxy) is 1. The second-order valence-corrected chi connectivity index (χ2v) is 4.58. The molecule has 0 unspecified atom stereocenters. The van der Waals surface area contributed by atoms with Crippen molar-refractivity contribution >= 4 is 5.97 Å². The second-order valence-electron chi connectivity index (χ2n) is 4.58. The summed E-state index contributed by atoms with van der Waals surface area (Å²) in [5, 5.41) is 9.18. The van der Waals surface area contributed by atoms with Gasteiger partial charge >= 0.3 is 5.97 Å². The van der Waals surface area contributed by atoms with Gasteiger partial charge in [-0.3, -0.25) is 4.79 Å². The van der Waals surface area contributed by atoms with E-state index in [9.17, 15) is 9.90 Å². The minimum absolute atomic E-state index is 0.00403. The fraction of sp³-hybridized carbons (Fsp3) is 0.900. The highest BCUT2D eigenvalue weighted by Gasteiger charge is 2.58. The standard InChI is InChI=1S/C10H14O3/c11-4-5-3-7-9-6(5)1-2-8(9)13-10(7)12/h5-9,11H,1-4H2/t5-,6+,7-,8+,9-/m1/s1. The van der Waals surface area contributed by atoms with E-state index in [0.717, 1.165) is 19.3 Å². The van der Waals surface area contributed by atoms with E-state index in [4.69, 9.17) is 4.74 Å². The van der Waals surface area contributed by atoms with Gasteiger partial charge in [-0.15, -0.1) is 0 Å². The molecule has 0 spiro atoms. The normalized spacial score (nSPS) is 52.4. The molecular formula is C10H14O3. The predicted octanol–water partition coefficient (Wildman–Crippen LogP) is 0.566. The second kappa shape index (κ2) is 2.47. The number of hydrogen-bond donors (Lipinski definition) is 1. The van der Waals surface area contributed by atoms with Crippen molar-refractivity contribution in [2.45, 2.75) is 25.4 Å². The molecule has 0 bridgehead atoms. The Kier molecular flexibility index (Phi) is 1.48. The summed E-state index contributed by atoms with van der Waals surface area (Å²) in [7, 11) is 0. The van der Waals surface area contributed by atoms with Crippen LogP contribution in [0.25, 0.3) is 0 Å². The molecule has 0 radical (unpaired) electrons. The Bertz CT molecular complexity index is 251. The van der Waals surface area contributed by atoms with E-state index in [0.29, 0.717) is 17.8 Å². The highest BCUT2D eigenvalue weighted by atomic mass is 16.6. The van der Waals surface area contributed by atoms with E-state index in [2.05, 4.69) is 0 Å².